The highest BCUT2D eigenvalue weighted by atomic mass is 16.5. The van der Waals surface area contributed by atoms with E-state index in [-0.39, 0.29) is 48.8 Å². The molecule has 2 amide bonds. The number of benzene rings is 1. The molecule has 1 aromatic carbocycles. The predicted molar refractivity (Wildman–Crippen MR) is 193 cm³/mol. The summed E-state index contributed by atoms with van der Waals surface area (Å²) in [4.78, 5) is 69.1. The Kier molecular flexibility index (Phi) is 15.4. The molecule has 0 fully saturated rings. The number of esters is 1. The largest absolute Gasteiger partial charge is 0.461 e. The van der Waals surface area contributed by atoms with Crippen molar-refractivity contribution in [2.75, 3.05) is 56.4 Å². The molecule has 16 nitrogen and oxygen atoms in total. The number of carbonyl (C=O) groups excluding carboxylic acids is 4. The summed E-state index contributed by atoms with van der Waals surface area (Å²) in [6, 6.07) is 5.84. The average molecular weight is 710 g/mol. The number of nitrogen functional groups attached to an aromatic ring is 2. The molecular formula is C35H51N9O7. The molecule has 2 heterocycles. The fourth-order valence-electron chi connectivity index (χ4n) is 4.69. The molecule has 0 bridgehead atoms. The number of fused-ring (bicyclic) bond motifs is 1. The molecular weight excluding hydrogens is 658 g/mol. The summed E-state index contributed by atoms with van der Waals surface area (Å²) in [6.45, 7) is 11.3. The maximum absolute atomic E-state index is 13.2. The molecule has 3 aromatic rings. The van der Waals surface area contributed by atoms with Crippen molar-refractivity contribution >= 4 is 52.2 Å². The fourth-order valence-corrected chi connectivity index (χ4v) is 4.69. The third kappa shape index (κ3) is 13.7. The number of nitrogens with two attached hydrogens (primary N) is 2. The number of hydrogen-bond acceptors (Lipinski definition) is 14. The van der Waals surface area contributed by atoms with Crippen LogP contribution in [-0.4, -0.2) is 95.7 Å². The Morgan fingerprint density at radius 1 is 0.922 bits per heavy atom. The third-order valence-corrected chi connectivity index (χ3v) is 7.45. The van der Waals surface area contributed by atoms with Crippen molar-refractivity contribution in [1.82, 2.24) is 30.6 Å². The number of rotatable bonds is 20. The van der Waals surface area contributed by atoms with E-state index in [0.717, 1.165) is 5.69 Å². The number of carbonyl (C=O) groups is 4. The minimum atomic E-state index is -0.994. The van der Waals surface area contributed by atoms with Crippen LogP contribution < -0.4 is 27.0 Å². The van der Waals surface area contributed by atoms with Crippen molar-refractivity contribution in [1.29, 1.82) is 0 Å². The Morgan fingerprint density at radius 3 is 2.27 bits per heavy atom. The van der Waals surface area contributed by atoms with Gasteiger partial charge in [0.1, 0.15) is 11.8 Å². The lowest BCUT2D eigenvalue weighted by atomic mass is 9.96. The Balaban J connectivity index is 1.43. The topological polar surface area (TPSA) is 227 Å². The minimum absolute atomic E-state index is 0.0216. The van der Waals surface area contributed by atoms with E-state index in [1.54, 1.807) is 44.3 Å². The average Bonchev–Trinajstić information content (AvgIpc) is 3.06. The predicted octanol–water partition coefficient (Wildman–Crippen LogP) is 2.60. The van der Waals surface area contributed by atoms with Gasteiger partial charge >= 0.3 is 5.97 Å². The molecule has 6 N–H and O–H groups in total. The molecule has 1 atom stereocenters. The standard InChI is InChI=1S/C35H51N9O7/c1-22(2)51-32(47)27(14-13-26(45)8-7-16-49-18-19-50-17-15-38-33(48)35(3,4)5)41-31(46)23-9-11-25(12-10-23)44(6)21-24-20-39-30-28(40-24)29(36)42-34(37)43-30/h9-12,20,22,27H,7-8,13-19,21H2,1-6H3,(H,38,48)(H,41,46)(H4,36,37,39,42,43). The molecule has 278 valence electrons. The van der Waals surface area contributed by atoms with Crippen molar-refractivity contribution in [3.63, 3.8) is 0 Å². The highest BCUT2D eigenvalue weighted by Crippen LogP contribution is 2.19. The monoisotopic (exact) mass is 709 g/mol. The number of aromatic nitrogens is 4. The van der Waals surface area contributed by atoms with Crippen molar-refractivity contribution in [2.45, 2.75) is 79.0 Å². The lowest BCUT2D eigenvalue weighted by molar-refractivity contribution is -0.150. The van der Waals surface area contributed by atoms with Gasteiger partial charge in [-0.05, 0) is 51.0 Å². The van der Waals surface area contributed by atoms with E-state index in [1.807, 2.05) is 32.7 Å². The van der Waals surface area contributed by atoms with E-state index < -0.39 is 23.3 Å². The van der Waals surface area contributed by atoms with Crippen LogP contribution in [0.3, 0.4) is 0 Å². The summed E-state index contributed by atoms with van der Waals surface area (Å²) in [5.74, 6) is -0.991. The zero-order valence-corrected chi connectivity index (χ0v) is 30.4. The number of Topliss-reactive ketones (excluding diaryl/α,β-unsaturated/α-hetero) is 1. The Bertz CT molecular complexity index is 1630. The second kappa shape index (κ2) is 19.4. The lowest BCUT2D eigenvalue weighted by Crippen LogP contribution is -2.43. The van der Waals surface area contributed by atoms with Gasteiger partial charge in [-0.25, -0.2) is 14.8 Å². The van der Waals surface area contributed by atoms with E-state index in [9.17, 15) is 19.2 Å². The summed E-state index contributed by atoms with van der Waals surface area (Å²) in [7, 11) is 1.86. The number of hydrogen-bond donors (Lipinski definition) is 4. The van der Waals surface area contributed by atoms with Crippen LogP contribution in [0.15, 0.2) is 30.5 Å². The van der Waals surface area contributed by atoms with E-state index in [2.05, 4.69) is 30.6 Å². The van der Waals surface area contributed by atoms with E-state index in [0.29, 0.717) is 68.4 Å². The molecule has 1 unspecified atom stereocenters. The van der Waals surface area contributed by atoms with Crippen LogP contribution in [0, 0.1) is 5.41 Å². The molecule has 3 rings (SSSR count). The van der Waals surface area contributed by atoms with Crippen LogP contribution in [-0.2, 0) is 35.1 Å². The first-order valence-electron chi connectivity index (χ1n) is 17.0. The van der Waals surface area contributed by atoms with Gasteiger partial charge in [0.15, 0.2) is 17.0 Å². The van der Waals surface area contributed by atoms with Crippen molar-refractivity contribution in [3.8, 4) is 0 Å². The molecule has 0 aliphatic carbocycles. The SMILES string of the molecule is CC(C)OC(=O)C(CCC(=O)CCCOCCOCCNC(=O)C(C)(C)C)NC(=O)c1ccc(N(C)Cc2cnc3nc(N)nc(N)c3n2)cc1. The van der Waals surface area contributed by atoms with Gasteiger partial charge in [-0.1, -0.05) is 20.8 Å². The first-order chi connectivity index (χ1) is 24.1. The fraction of sp³-hybridized carbons (Fsp3) is 0.543. The highest BCUT2D eigenvalue weighted by Gasteiger charge is 2.25. The van der Waals surface area contributed by atoms with Crippen molar-refractivity contribution in [2.24, 2.45) is 5.41 Å². The van der Waals surface area contributed by atoms with Crippen LogP contribution in [0.5, 0.6) is 0 Å². The summed E-state index contributed by atoms with van der Waals surface area (Å²) < 4.78 is 16.3. The second-order valence-corrected chi connectivity index (χ2v) is 13.3. The van der Waals surface area contributed by atoms with Gasteiger partial charge in [-0.15, -0.1) is 0 Å². The quantitative estimate of drug-likeness (QED) is 0.0977. The van der Waals surface area contributed by atoms with Crippen LogP contribution in [0.1, 0.15) is 76.4 Å². The molecule has 0 aliphatic heterocycles. The number of nitrogens with zero attached hydrogens (tertiary/aromatic N) is 5. The number of amides is 2. The van der Waals surface area contributed by atoms with Crippen molar-refractivity contribution in [3.05, 3.63) is 41.7 Å². The third-order valence-electron chi connectivity index (χ3n) is 7.45. The molecule has 16 heteroatoms. The van der Waals surface area contributed by atoms with Crippen LogP contribution in [0.25, 0.3) is 11.2 Å². The van der Waals surface area contributed by atoms with Gasteiger partial charge in [0.2, 0.25) is 11.9 Å². The smallest absolute Gasteiger partial charge is 0.328 e. The molecule has 0 spiro atoms. The van der Waals surface area contributed by atoms with Crippen LogP contribution in [0.2, 0.25) is 0 Å². The summed E-state index contributed by atoms with van der Waals surface area (Å²) >= 11 is 0. The molecule has 51 heavy (non-hydrogen) atoms. The van der Waals surface area contributed by atoms with Crippen LogP contribution >= 0.6 is 0 Å². The summed E-state index contributed by atoms with van der Waals surface area (Å²) in [5, 5.41) is 5.55. The maximum Gasteiger partial charge on any atom is 0.328 e. The Morgan fingerprint density at radius 2 is 1.61 bits per heavy atom. The van der Waals surface area contributed by atoms with Gasteiger partial charge in [0, 0.05) is 49.7 Å². The Hall–Kier alpha value is -4.96. The van der Waals surface area contributed by atoms with E-state index >= 15 is 0 Å². The first kappa shape index (κ1) is 40.5. The zero-order valence-electron chi connectivity index (χ0n) is 30.4. The maximum atomic E-state index is 13.2. The lowest BCUT2D eigenvalue weighted by Gasteiger charge is -2.20. The van der Waals surface area contributed by atoms with E-state index in [4.69, 9.17) is 25.7 Å². The number of ketones is 1. The van der Waals surface area contributed by atoms with Gasteiger partial charge in [0.05, 0.1) is 44.4 Å². The van der Waals surface area contributed by atoms with Gasteiger partial charge < -0.3 is 41.2 Å². The van der Waals surface area contributed by atoms with Crippen molar-refractivity contribution < 1.29 is 33.4 Å². The summed E-state index contributed by atoms with van der Waals surface area (Å²) in [5.41, 5.74) is 13.6. The Labute approximate surface area is 298 Å². The second-order valence-electron chi connectivity index (χ2n) is 13.3. The number of ether oxygens (including phenoxy) is 3. The number of anilines is 3. The molecule has 0 saturated heterocycles. The highest BCUT2D eigenvalue weighted by molar-refractivity contribution is 5.97. The van der Waals surface area contributed by atoms with Gasteiger partial charge in [-0.3, -0.25) is 14.4 Å². The molecule has 0 aliphatic rings. The first-order valence-corrected chi connectivity index (χ1v) is 17.0. The molecule has 0 radical (unpaired) electrons. The number of nitrogens with one attached hydrogen (secondary N) is 2. The summed E-state index contributed by atoms with van der Waals surface area (Å²) in [6.07, 6.45) is 2.18. The zero-order chi connectivity index (χ0) is 37.6. The van der Waals surface area contributed by atoms with Gasteiger partial charge in [-0.2, -0.15) is 9.97 Å². The normalized spacial score (nSPS) is 12.1. The molecule has 0 saturated carbocycles. The van der Waals surface area contributed by atoms with E-state index in [1.165, 1.54) is 0 Å². The minimum Gasteiger partial charge on any atom is -0.461 e. The van der Waals surface area contributed by atoms with Crippen LogP contribution in [0.4, 0.5) is 17.5 Å². The molecule has 2 aromatic heterocycles. The van der Waals surface area contributed by atoms with Gasteiger partial charge in [0.25, 0.3) is 5.91 Å².